The summed E-state index contributed by atoms with van der Waals surface area (Å²) < 4.78 is 0. The summed E-state index contributed by atoms with van der Waals surface area (Å²) in [5.74, 6) is 0.431. The highest BCUT2D eigenvalue weighted by Gasteiger charge is 2.27. The fourth-order valence-electron chi connectivity index (χ4n) is 3.79. The number of likely N-dealkylation sites (tertiary alicyclic amines) is 1. The van der Waals surface area contributed by atoms with Gasteiger partial charge in [0.1, 0.15) is 12.0 Å². The van der Waals surface area contributed by atoms with E-state index in [1.807, 2.05) is 36.5 Å². The van der Waals surface area contributed by atoms with E-state index in [9.17, 15) is 0 Å². The number of hydrogen-bond acceptors (Lipinski definition) is 5. The number of nitrogens with zero attached hydrogens (tertiary/aromatic N) is 4. The zero-order valence-corrected chi connectivity index (χ0v) is 14.6. The highest BCUT2D eigenvalue weighted by molar-refractivity contribution is 5.78. The first-order valence-electron chi connectivity index (χ1n) is 8.99. The number of H-pyrrole nitrogens is 1. The van der Waals surface area contributed by atoms with Crippen LogP contribution in [0.15, 0.2) is 42.9 Å². The van der Waals surface area contributed by atoms with Gasteiger partial charge in [0.2, 0.25) is 0 Å². The van der Waals surface area contributed by atoms with Crippen LogP contribution in [0.1, 0.15) is 35.7 Å². The van der Waals surface area contributed by atoms with Gasteiger partial charge in [-0.1, -0.05) is 12.1 Å². The third-order valence-corrected chi connectivity index (χ3v) is 5.33. The molecule has 0 spiro atoms. The van der Waals surface area contributed by atoms with E-state index in [-0.39, 0.29) is 6.04 Å². The number of benzene rings is 1. The Morgan fingerprint density at radius 2 is 1.96 bits per heavy atom. The number of aromatic amines is 1. The van der Waals surface area contributed by atoms with Crippen LogP contribution in [-0.4, -0.2) is 32.9 Å². The van der Waals surface area contributed by atoms with Gasteiger partial charge in [0.15, 0.2) is 0 Å². The number of hydrogen-bond donors (Lipinski definition) is 2. The van der Waals surface area contributed by atoms with Gasteiger partial charge < -0.3 is 10.7 Å². The van der Waals surface area contributed by atoms with Crippen LogP contribution in [0, 0.1) is 17.2 Å². The number of rotatable bonds is 4. The Hall–Kier alpha value is -2.75. The second-order valence-corrected chi connectivity index (χ2v) is 6.95. The fourth-order valence-corrected chi connectivity index (χ4v) is 3.79. The van der Waals surface area contributed by atoms with Crippen molar-refractivity contribution in [1.82, 2.24) is 19.9 Å². The zero-order valence-electron chi connectivity index (χ0n) is 14.6. The minimum Gasteiger partial charge on any atom is -0.346 e. The monoisotopic (exact) mass is 346 g/mol. The van der Waals surface area contributed by atoms with E-state index in [1.165, 1.54) is 5.56 Å². The van der Waals surface area contributed by atoms with Crippen molar-refractivity contribution in [2.75, 3.05) is 13.1 Å². The van der Waals surface area contributed by atoms with Crippen molar-refractivity contribution in [3.05, 3.63) is 59.7 Å². The molecule has 0 aliphatic carbocycles. The van der Waals surface area contributed by atoms with E-state index >= 15 is 0 Å². The highest BCUT2D eigenvalue weighted by Crippen LogP contribution is 2.31. The van der Waals surface area contributed by atoms with Gasteiger partial charge in [-0.05, 0) is 55.6 Å². The van der Waals surface area contributed by atoms with Gasteiger partial charge in [-0.15, -0.1) is 0 Å². The average molecular weight is 346 g/mol. The topological polar surface area (TPSA) is 94.6 Å². The maximum Gasteiger partial charge on any atom is 0.141 e. The number of nitrogens with one attached hydrogen (secondary N) is 1. The minimum absolute atomic E-state index is 0.0617. The third-order valence-electron chi connectivity index (χ3n) is 5.33. The van der Waals surface area contributed by atoms with Gasteiger partial charge in [-0.3, -0.25) is 4.90 Å². The molecule has 1 fully saturated rings. The highest BCUT2D eigenvalue weighted by atomic mass is 15.1. The predicted molar refractivity (Wildman–Crippen MR) is 100.0 cm³/mol. The number of piperidine rings is 1. The number of nitriles is 1. The Kier molecular flexibility index (Phi) is 4.65. The average Bonchev–Trinajstić information content (AvgIpc) is 3.17. The summed E-state index contributed by atoms with van der Waals surface area (Å²) in [6.07, 6.45) is 5.60. The van der Waals surface area contributed by atoms with Crippen molar-refractivity contribution in [3.63, 3.8) is 0 Å². The molecule has 26 heavy (non-hydrogen) atoms. The molecule has 0 amide bonds. The zero-order chi connectivity index (χ0) is 17.9. The summed E-state index contributed by atoms with van der Waals surface area (Å²) in [5, 5.41) is 9.92. The van der Waals surface area contributed by atoms with Crippen molar-refractivity contribution >= 4 is 11.0 Å². The number of fused-ring (bicyclic) bond motifs is 1. The van der Waals surface area contributed by atoms with Gasteiger partial charge in [-0.25, -0.2) is 9.97 Å². The minimum atomic E-state index is -0.0617. The normalized spacial score (nSPS) is 17.2. The lowest BCUT2D eigenvalue weighted by molar-refractivity contribution is 0.162. The van der Waals surface area contributed by atoms with E-state index in [0.29, 0.717) is 11.5 Å². The van der Waals surface area contributed by atoms with Crippen LogP contribution in [0.5, 0.6) is 0 Å². The van der Waals surface area contributed by atoms with Crippen molar-refractivity contribution in [2.45, 2.75) is 25.4 Å². The van der Waals surface area contributed by atoms with E-state index in [4.69, 9.17) is 11.0 Å². The summed E-state index contributed by atoms with van der Waals surface area (Å²) >= 11 is 0. The Bertz CT molecular complexity index is 915. The largest absolute Gasteiger partial charge is 0.346 e. The SMILES string of the molecule is N#Cc1ccc(CN2CCC(C(N)c3ncnc4[nH]ccc34)CC2)cc1. The maximum atomic E-state index is 8.89. The first kappa shape index (κ1) is 16.7. The quantitative estimate of drug-likeness (QED) is 0.757. The summed E-state index contributed by atoms with van der Waals surface area (Å²) in [6.45, 7) is 2.97. The van der Waals surface area contributed by atoms with Crippen LogP contribution >= 0.6 is 0 Å². The molecular weight excluding hydrogens is 324 g/mol. The molecule has 1 aliphatic heterocycles. The molecule has 0 radical (unpaired) electrons. The number of nitrogens with two attached hydrogens (primary N) is 1. The lowest BCUT2D eigenvalue weighted by Gasteiger charge is -2.34. The predicted octanol–water partition coefficient (Wildman–Crippen LogP) is 2.74. The molecule has 2 aromatic heterocycles. The molecular formula is C20H22N6. The lowest BCUT2D eigenvalue weighted by Crippen LogP contribution is -2.37. The van der Waals surface area contributed by atoms with E-state index in [2.05, 4.69) is 25.9 Å². The first-order valence-corrected chi connectivity index (χ1v) is 8.99. The van der Waals surface area contributed by atoms with Crippen LogP contribution < -0.4 is 5.73 Å². The molecule has 3 N–H and O–H groups in total. The Morgan fingerprint density at radius 3 is 2.69 bits per heavy atom. The van der Waals surface area contributed by atoms with Crippen LogP contribution in [0.25, 0.3) is 11.0 Å². The molecule has 6 heteroatoms. The van der Waals surface area contributed by atoms with Gasteiger partial charge >= 0.3 is 0 Å². The summed E-state index contributed by atoms with van der Waals surface area (Å²) in [7, 11) is 0. The van der Waals surface area contributed by atoms with Gasteiger partial charge in [0.05, 0.1) is 23.4 Å². The number of aromatic nitrogens is 3. The smallest absolute Gasteiger partial charge is 0.141 e. The molecule has 1 unspecified atom stereocenters. The van der Waals surface area contributed by atoms with Gasteiger partial charge in [0, 0.05) is 18.1 Å². The van der Waals surface area contributed by atoms with Crippen molar-refractivity contribution in [1.29, 1.82) is 5.26 Å². The summed E-state index contributed by atoms with van der Waals surface area (Å²) in [4.78, 5) is 14.3. The van der Waals surface area contributed by atoms with E-state index in [1.54, 1.807) is 6.33 Å². The Labute approximate surface area is 152 Å². The van der Waals surface area contributed by atoms with Crippen LogP contribution in [0.2, 0.25) is 0 Å². The van der Waals surface area contributed by atoms with Crippen LogP contribution in [0.3, 0.4) is 0 Å². The Balaban J connectivity index is 1.38. The maximum absolute atomic E-state index is 8.89. The van der Waals surface area contributed by atoms with Gasteiger partial charge in [-0.2, -0.15) is 5.26 Å². The van der Waals surface area contributed by atoms with Crippen molar-refractivity contribution < 1.29 is 0 Å². The second-order valence-electron chi connectivity index (χ2n) is 6.95. The summed E-state index contributed by atoms with van der Waals surface area (Å²) in [6, 6.07) is 12.0. The van der Waals surface area contributed by atoms with E-state index < -0.39 is 0 Å². The second kappa shape index (κ2) is 7.24. The molecule has 0 saturated carbocycles. The van der Waals surface area contributed by atoms with Crippen LogP contribution in [-0.2, 0) is 6.54 Å². The molecule has 1 aliphatic rings. The molecule has 1 aromatic carbocycles. The molecule has 3 aromatic rings. The van der Waals surface area contributed by atoms with E-state index in [0.717, 1.165) is 49.2 Å². The standard InChI is InChI=1S/C20H22N6/c21-11-14-1-3-15(4-2-14)12-26-9-6-16(7-10-26)18(22)19-17-5-8-23-20(17)25-13-24-19/h1-5,8,13,16,18H,6-7,9-10,12,22H2,(H,23,24,25). The van der Waals surface area contributed by atoms with Gasteiger partial charge in [0.25, 0.3) is 0 Å². The molecule has 0 bridgehead atoms. The molecule has 132 valence electrons. The molecule has 6 nitrogen and oxygen atoms in total. The molecule has 4 rings (SSSR count). The fraction of sp³-hybridized carbons (Fsp3) is 0.350. The molecule has 1 saturated heterocycles. The third kappa shape index (κ3) is 3.32. The Morgan fingerprint density at radius 1 is 1.19 bits per heavy atom. The van der Waals surface area contributed by atoms with Crippen molar-refractivity contribution in [3.8, 4) is 6.07 Å². The lowest BCUT2D eigenvalue weighted by atomic mass is 9.87. The van der Waals surface area contributed by atoms with Crippen LogP contribution in [0.4, 0.5) is 0 Å². The molecule has 1 atom stereocenters. The molecule has 3 heterocycles. The summed E-state index contributed by atoms with van der Waals surface area (Å²) in [5.41, 5.74) is 10.3. The first-order chi connectivity index (χ1) is 12.7. The van der Waals surface area contributed by atoms with Crippen molar-refractivity contribution in [2.24, 2.45) is 11.7 Å².